The van der Waals surface area contributed by atoms with Crippen molar-refractivity contribution in [1.29, 1.82) is 0 Å². The van der Waals surface area contributed by atoms with E-state index < -0.39 is 0 Å². The molecule has 1 aromatic heterocycles. The number of aromatic nitrogens is 1. The molecule has 0 saturated heterocycles. The second-order valence-electron chi connectivity index (χ2n) is 3.80. The van der Waals surface area contributed by atoms with Gasteiger partial charge in [0, 0.05) is 13.6 Å². The number of nitrogens with zero attached hydrogens (tertiary/aromatic N) is 1. The maximum atomic E-state index is 5.59. The third kappa shape index (κ3) is 3.66. The van der Waals surface area contributed by atoms with Crippen LogP contribution in [0.3, 0.4) is 0 Å². The number of hydrogen-bond acceptors (Lipinski definition) is 4. The molecule has 0 bridgehead atoms. The predicted octanol–water partition coefficient (Wildman–Crippen LogP) is 2.61. The molecule has 4 heteroatoms. The van der Waals surface area contributed by atoms with Crippen LogP contribution in [-0.4, -0.2) is 25.2 Å². The number of rotatable bonds is 6. The first kappa shape index (κ1) is 12.2. The van der Waals surface area contributed by atoms with Crippen molar-refractivity contribution in [2.24, 2.45) is 0 Å². The first-order chi connectivity index (χ1) is 8.88. The second-order valence-corrected chi connectivity index (χ2v) is 3.80. The van der Waals surface area contributed by atoms with Gasteiger partial charge in [-0.05, 0) is 18.2 Å². The number of ether oxygens (including phenoxy) is 1. The van der Waals surface area contributed by atoms with Crippen LogP contribution in [0.2, 0.25) is 0 Å². The Morgan fingerprint density at radius 1 is 1.11 bits per heavy atom. The van der Waals surface area contributed by atoms with E-state index >= 15 is 0 Å². The average Bonchev–Trinajstić information content (AvgIpc) is 2.45. The second kappa shape index (κ2) is 6.49. The molecule has 2 aromatic rings. The summed E-state index contributed by atoms with van der Waals surface area (Å²) in [7, 11) is 1.87. The summed E-state index contributed by atoms with van der Waals surface area (Å²) < 4.78 is 5.59. The predicted molar refractivity (Wildman–Crippen MR) is 74.2 cm³/mol. The van der Waals surface area contributed by atoms with Crippen molar-refractivity contribution in [3.05, 3.63) is 48.8 Å². The normalized spacial score (nSPS) is 9.83. The minimum atomic E-state index is 0.619. The van der Waals surface area contributed by atoms with Crippen LogP contribution in [-0.2, 0) is 0 Å². The Morgan fingerprint density at radius 3 is 2.67 bits per heavy atom. The Labute approximate surface area is 107 Å². The van der Waals surface area contributed by atoms with E-state index in [4.69, 9.17) is 4.74 Å². The number of benzene rings is 1. The third-order valence-electron chi connectivity index (χ3n) is 2.47. The molecular formula is C14H17N3O. The summed E-state index contributed by atoms with van der Waals surface area (Å²) in [6, 6.07) is 11.8. The van der Waals surface area contributed by atoms with E-state index in [2.05, 4.69) is 15.6 Å². The highest BCUT2D eigenvalue weighted by Gasteiger charge is 1.95. The van der Waals surface area contributed by atoms with Crippen molar-refractivity contribution in [3.8, 4) is 5.75 Å². The largest absolute Gasteiger partial charge is 0.492 e. The first-order valence-corrected chi connectivity index (χ1v) is 5.93. The SMILES string of the molecule is CNc1cncc(NCCOc2ccccc2)c1. The van der Waals surface area contributed by atoms with Crippen LogP contribution >= 0.6 is 0 Å². The summed E-state index contributed by atoms with van der Waals surface area (Å²) >= 11 is 0. The Morgan fingerprint density at radius 2 is 1.89 bits per heavy atom. The van der Waals surface area contributed by atoms with E-state index in [-0.39, 0.29) is 0 Å². The van der Waals surface area contributed by atoms with E-state index in [9.17, 15) is 0 Å². The van der Waals surface area contributed by atoms with Gasteiger partial charge < -0.3 is 15.4 Å². The van der Waals surface area contributed by atoms with Crippen molar-refractivity contribution in [2.45, 2.75) is 0 Å². The lowest BCUT2D eigenvalue weighted by Crippen LogP contribution is -2.11. The van der Waals surface area contributed by atoms with Crippen molar-refractivity contribution in [1.82, 2.24) is 4.98 Å². The van der Waals surface area contributed by atoms with Crippen LogP contribution in [0.5, 0.6) is 5.75 Å². The topological polar surface area (TPSA) is 46.2 Å². The number of nitrogens with one attached hydrogen (secondary N) is 2. The molecule has 1 heterocycles. The van der Waals surface area contributed by atoms with Gasteiger partial charge in [0.15, 0.2) is 0 Å². The van der Waals surface area contributed by atoms with Crippen molar-refractivity contribution < 1.29 is 4.74 Å². The molecule has 0 aliphatic carbocycles. The van der Waals surface area contributed by atoms with Crippen LogP contribution < -0.4 is 15.4 Å². The molecule has 94 valence electrons. The summed E-state index contributed by atoms with van der Waals surface area (Å²) in [5, 5.41) is 6.31. The fourth-order valence-corrected chi connectivity index (χ4v) is 1.55. The summed E-state index contributed by atoms with van der Waals surface area (Å²) in [5.41, 5.74) is 1.97. The molecule has 0 amide bonds. The van der Waals surface area contributed by atoms with Gasteiger partial charge in [-0.3, -0.25) is 4.98 Å². The van der Waals surface area contributed by atoms with Crippen molar-refractivity contribution >= 4 is 11.4 Å². The molecule has 0 atom stereocenters. The average molecular weight is 243 g/mol. The maximum Gasteiger partial charge on any atom is 0.119 e. The fraction of sp³-hybridized carbons (Fsp3) is 0.214. The molecule has 0 spiro atoms. The minimum absolute atomic E-state index is 0.619. The van der Waals surface area contributed by atoms with Crippen LogP contribution in [0.1, 0.15) is 0 Å². The number of anilines is 2. The van der Waals surface area contributed by atoms with Gasteiger partial charge in [-0.1, -0.05) is 18.2 Å². The molecule has 0 aliphatic rings. The standard InChI is InChI=1S/C14H17N3O/c1-15-12-9-13(11-16-10-12)17-7-8-18-14-5-3-2-4-6-14/h2-6,9-11,15,17H,7-8H2,1H3. The monoisotopic (exact) mass is 243 g/mol. The molecule has 0 saturated carbocycles. The fourth-order valence-electron chi connectivity index (χ4n) is 1.55. The number of pyridine rings is 1. The van der Waals surface area contributed by atoms with Gasteiger partial charge in [0.25, 0.3) is 0 Å². The molecule has 0 unspecified atom stereocenters. The smallest absolute Gasteiger partial charge is 0.119 e. The third-order valence-corrected chi connectivity index (χ3v) is 2.47. The van der Waals surface area contributed by atoms with E-state index in [1.807, 2.05) is 43.4 Å². The molecule has 2 rings (SSSR count). The summed E-state index contributed by atoms with van der Waals surface area (Å²) in [6.45, 7) is 1.36. The van der Waals surface area contributed by atoms with E-state index in [0.29, 0.717) is 6.61 Å². The Kier molecular flexibility index (Phi) is 4.41. The Hall–Kier alpha value is -2.23. The summed E-state index contributed by atoms with van der Waals surface area (Å²) in [5.74, 6) is 0.890. The zero-order chi connectivity index (χ0) is 12.6. The molecule has 4 nitrogen and oxygen atoms in total. The van der Waals surface area contributed by atoms with Crippen LogP contribution in [0, 0.1) is 0 Å². The number of para-hydroxylation sites is 1. The molecule has 2 N–H and O–H groups in total. The maximum absolute atomic E-state index is 5.59. The number of hydrogen-bond donors (Lipinski definition) is 2. The summed E-state index contributed by atoms with van der Waals surface area (Å²) in [6.07, 6.45) is 3.58. The van der Waals surface area contributed by atoms with Crippen LogP contribution in [0.15, 0.2) is 48.8 Å². The molecule has 0 aliphatic heterocycles. The highest BCUT2D eigenvalue weighted by molar-refractivity contribution is 5.53. The summed E-state index contributed by atoms with van der Waals surface area (Å²) in [4.78, 5) is 4.13. The van der Waals surface area contributed by atoms with Crippen LogP contribution in [0.4, 0.5) is 11.4 Å². The van der Waals surface area contributed by atoms with Crippen molar-refractivity contribution in [3.63, 3.8) is 0 Å². The quantitative estimate of drug-likeness (QED) is 0.766. The van der Waals surface area contributed by atoms with Gasteiger partial charge in [-0.25, -0.2) is 0 Å². The van der Waals surface area contributed by atoms with Crippen LogP contribution in [0.25, 0.3) is 0 Å². The van der Waals surface area contributed by atoms with Gasteiger partial charge in [0.1, 0.15) is 12.4 Å². The highest BCUT2D eigenvalue weighted by atomic mass is 16.5. The van der Waals surface area contributed by atoms with Gasteiger partial charge in [0.2, 0.25) is 0 Å². The van der Waals surface area contributed by atoms with E-state index in [1.54, 1.807) is 12.4 Å². The lowest BCUT2D eigenvalue weighted by atomic mass is 10.3. The zero-order valence-electron chi connectivity index (χ0n) is 10.4. The van der Waals surface area contributed by atoms with E-state index in [0.717, 1.165) is 23.7 Å². The molecule has 18 heavy (non-hydrogen) atoms. The van der Waals surface area contributed by atoms with Gasteiger partial charge >= 0.3 is 0 Å². The van der Waals surface area contributed by atoms with E-state index in [1.165, 1.54) is 0 Å². The molecule has 0 radical (unpaired) electrons. The zero-order valence-corrected chi connectivity index (χ0v) is 10.4. The van der Waals surface area contributed by atoms with Gasteiger partial charge in [-0.2, -0.15) is 0 Å². The molecule has 1 aromatic carbocycles. The first-order valence-electron chi connectivity index (χ1n) is 5.93. The Bertz CT molecular complexity index is 473. The molecule has 0 fully saturated rings. The van der Waals surface area contributed by atoms with Gasteiger partial charge in [-0.15, -0.1) is 0 Å². The minimum Gasteiger partial charge on any atom is -0.492 e. The molecular weight excluding hydrogens is 226 g/mol. The van der Waals surface area contributed by atoms with Gasteiger partial charge in [0.05, 0.1) is 23.8 Å². The highest BCUT2D eigenvalue weighted by Crippen LogP contribution is 2.12. The van der Waals surface area contributed by atoms with Crippen molar-refractivity contribution in [2.75, 3.05) is 30.8 Å². The lowest BCUT2D eigenvalue weighted by molar-refractivity contribution is 0.333. The lowest BCUT2D eigenvalue weighted by Gasteiger charge is -2.09. The Balaban J connectivity index is 1.75.